The molecular weight excluding hydrogens is 227 g/mol. The van der Waals surface area contributed by atoms with Crippen LogP contribution in [0.1, 0.15) is 27.0 Å². The van der Waals surface area contributed by atoms with E-state index in [0.717, 1.165) is 11.1 Å². The monoisotopic (exact) mass is 242 g/mol. The number of hydrogen-bond donors (Lipinski definition) is 0. The second-order valence-corrected chi connectivity index (χ2v) is 4.55. The van der Waals surface area contributed by atoms with E-state index in [1.165, 1.54) is 12.1 Å². The molecule has 0 saturated carbocycles. The van der Waals surface area contributed by atoms with E-state index in [4.69, 9.17) is 0 Å². The van der Waals surface area contributed by atoms with Gasteiger partial charge >= 0.3 is 0 Å². The molecule has 0 aliphatic heterocycles. The molecule has 0 aromatic heterocycles. The molecule has 0 spiro atoms. The summed E-state index contributed by atoms with van der Waals surface area (Å²) in [5.74, 6) is -0.279. The van der Waals surface area contributed by atoms with Crippen molar-refractivity contribution < 1.29 is 9.18 Å². The third-order valence-corrected chi connectivity index (χ3v) is 2.94. The van der Waals surface area contributed by atoms with Crippen LogP contribution in [0.5, 0.6) is 0 Å². The van der Waals surface area contributed by atoms with Crippen molar-refractivity contribution in [3.8, 4) is 0 Å². The van der Waals surface area contributed by atoms with Gasteiger partial charge in [0.15, 0.2) is 5.78 Å². The number of benzene rings is 2. The largest absolute Gasteiger partial charge is 0.294 e. The summed E-state index contributed by atoms with van der Waals surface area (Å²) >= 11 is 0. The van der Waals surface area contributed by atoms with Crippen LogP contribution in [0.4, 0.5) is 4.39 Å². The molecular formula is C16H15FO. The Kier molecular flexibility index (Phi) is 3.56. The molecule has 1 nitrogen and oxygen atoms in total. The molecule has 0 saturated heterocycles. The number of Topliss-reactive ketones (excluding diaryl/α,β-unsaturated/α-hetero) is 1. The summed E-state index contributed by atoms with van der Waals surface area (Å²) in [6.07, 6.45) is 0.238. The van der Waals surface area contributed by atoms with Gasteiger partial charge in [-0.25, -0.2) is 4.39 Å². The zero-order valence-corrected chi connectivity index (χ0v) is 10.5. The Hall–Kier alpha value is -1.96. The highest BCUT2D eigenvalue weighted by Gasteiger charge is 2.10. The predicted octanol–water partition coefficient (Wildman–Crippen LogP) is 3.87. The molecule has 2 rings (SSSR count). The highest BCUT2D eigenvalue weighted by atomic mass is 19.1. The van der Waals surface area contributed by atoms with Gasteiger partial charge in [-0.05, 0) is 37.1 Å². The van der Waals surface area contributed by atoms with Gasteiger partial charge in [-0.15, -0.1) is 0 Å². The Labute approximate surface area is 106 Å². The standard InChI is InChI=1S/C16H15FO/c1-11-6-7-15(12(2)8-11)16(18)10-13-4-3-5-14(17)9-13/h3-9H,10H2,1-2H3. The van der Waals surface area contributed by atoms with E-state index in [1.807, 2.05) is 32.0 Å². The molecule has 0 aliphatic carbocycles. The number of rotatable bonds is 3. The molecule has 18 heavy (non-hydrogen) atoms. The van der Waals surface area contributed by atoms with E-state index >= 15 is 0 Å². The minimum atomic E-state index is -0.305. The maximum absolute atomic E-state index is 13.0. The van der Waals surface area contributed by atoms with Crippen molar-refractivity contribution in [1.29, 1.82) is 0 Å². The molecule has 2 aromatic carbocycles. The third kappa shape index (κ3) is 2.83. The number of halogens is 1. The van der Waals surface area contributed by atoms with Gasteiger partial charge in [0.25, 0.3) is 0 Å². The van der Waals surface area contributed by atoms with Crippen molar-refractivity contribution in [2.75, 3.05) is 0 Å². The average Bonchev–Trinajstić information content (AvgIpc) is 2.28. The lowest BCUT2D eigenvalue weighted by molar-refractivity contribution is 0.0992. The highest BCUT2D eigenvalue weighted by molar-refractivity contribution is 5.98. The fraction of sp³-hybridized carbons (Fsp3) is 0.188. The first-order valence-corrected chi connectivity index (χ1v) is 5.91. The minimum Gasteiger partial charge on any atom is -0.294 e. The summed E-state index contributed by atoms with van der Waals surface area (Å²) in [6.45, 7) is 3.92. The Bertz CT molecular complexity index is 587. The van der Waals surface area contributed by atoms with E-state index in [1.54, 1.807) is 12.1 Å². The van der Waals surface area contributed by atoms with Crippen molar-refractivity contribution in [1.82, 2.24) is 0 Å². The lowest BCUT2D eigenvalue weighted by Crippen LogP contribution is -2.06. The summed E-state index contributed by atoms with van der Waals surface area (Å²) in [5, 5.41) is 0. The van der Waals surface area contributed by atoms with E-state index in [9.17, 15) is 9.18 Å². The number of ketones is 1. The van der Waals surface area contributed by atoms with Crippen LogP contribution in [0.15, 0.2) is 42.5 Å². The summed E-state index contributed by atoms with van der Waals surface area (Å²) < 4.78 is 13.0. The van der Waals surface area contributed by atoms with Gasteiger partial charge in [0.05, 0.1) is 0 Å². The SMILES string of the molecule is Cc1ccc(C(=O)Cc2cccc(F)c2)c(C)c1. The molecule has 92 valence electrons. The van der Waals surface area contributed by atoms with Crippen LogP contribution < -0.4 is 0 Å². The minimum absolute atomic E-state index is 0.0260. The van der Waals surface area contributed by atoms with Crippen molar-refractivity contribution >= 4 is 5.78 Å². The Morgan fingerprint density at radius 1 is 1.11 bits per heavy atom. The van der Waals surface area contributed by atoms with Gasteiger partial charge in [-0.1, -0.05) is 35.9 Å². The van der Waals surface area contributed by atoms with Crippen LogP contribution in [0, 0.1) is 19.7 Å². The van der Waals surface area contributed by atoms with E-state index in [-0.39, 0.29) is 18.0 Å². The predicted molar refractivity (Wildman–Crippen MR) is 70.4 cm³/mol. The maximum atomic E-state index is 13.0. The first-order valence-electron chi connectivity index (χ1n) is 5.91. The Morgan fingerprint density at radius 2 is 1.89 bits per heavy atom. The van der Waals surface area contributed by atoms with E-state index < -0.39 is 0 Å². The molecule has 0 N–H and O–H groups in total. The Morgan fingerprint density at radius 3 is 2.56 bits per heavy atom. The fourth-order valence-electron chi connectivity index (χ4n) is 2.05. The van der Waals surface area contributed by atoms with Gasteiger partial charge in [-0.2, -0.15) is 0 Å². The van der Waals surface area contributed by atoms with Crippen LogP contribution >= 0.6 is 0 Å². The Balaban J connectivity index is 2.22. The molecule has 0 bridgehead atoms. The summed E-state index contributed by atoms with van der Waals surface area (Å²) in [6, 6.07) is 11.9. The fourth-order valence-corrected chi connectivity index (χ4v) is 2.05. The molecule has 0 unspecified atom stereocenters. The molecule has 0 radical (unpaired) electrons. The molecule has 2 heteroatoms. The lowest BCUT2D eigenvalue weighted by Gasteiger charge is -2.06. The highest BCUT2D eigenvalue weighted by Crippen LogP contribution is 2.14. The maximum Gasteiger partial charge on any atom is 0.167 e. The number of carbonyl (C=O) groups excluding carboxylic acids is 1. The average molecular weight is 242 g/mol. The van der Waals surface area contributed by atoms with Gasteiger partial charge < -0.3 is 0 Å². The second kappa shape index (κ2) is 5.13. The van der Waals surface area contributed by atoms with Crippen molar-refractivity contribution in [2.24, 2.45) is 0 Å². The first-order chi connectivity index (χ1) is 8.56. The number of aryl methyl sites for hydroxylation is 2. The molecule has 0 atom stereocenters. The number of hydrogen-bond acceptors (Lipinski definition) is 1. The number of carbonyl (C=O) groups is 1. The van der Waals surface area contributed by atoms with Crippen LogP contribution in [0.25, 0.3) is 0 Å². The lowest BCUT2D eigenvalue weighted by atomic mass is 9.98. The van der Waals surface area contributed by atoms with E-state index in [0.29, 0.717) is 11.1 Å². The zero-order valence-electron chi connectivity index (χ0n) is 10.5. The quantitative estimate of drug-likeness (QED) is 0.747. The van der Waals surface area contributed by atoms with Crippen molar-refractivity contribution in [3.63, 3.8) is 0 Å². The van der Waals surface area contributed by atoms with Crippen molar-refractivity contribution in [2.45, 2.75) is 20.3 Å². The summed E-state index contributed by atoms with van der Waals surface area (Å²) in [4.78, 5) is 12.1. The normalized spacial score (nSPS) is 10.4. The van der Waals surface area contributed by atoms with Gasteiger partial charge in [-0.3, -0.25) is 4.79 Å². The molecule has 0 heterocycles. The van der Waals surface area contributed by atoms with Gasteiger partial charge in [0.2, 0.25) is 0 Å². The molecule has 0 amide bonds. The third-order valence-electron chi connectivity index (χ3n) is 2.94. The second-order valence-electron chi connectivity index (χ2n) is 4.55. The zero-order chi connectivity index (χ0) is 13.1. The van der Waals surface area contributed by atoms with Gasteiger partial charge in [0.1, 0.15) is 5.82 Å². The smallest absolute Gasteiger partial charge is 0.167 e. The van der Waals surface area contributed by atoms with Gasteiger partial charge in [0, 0.05) is 12.0 Å². The van der Waals surface area contributed by atoms with Crippen LogP contribution in [0.3, 0.4) is 0 Å². The molecule has 0 aliphatic rings. The topological polar surface area (TPSA) is 17.1 Å². The van der Waals surface area contributed by atoms with Crippen molar-refractivity contribution in [3.05, 3.63) is 70.5 Å². The first kappa shape index (κ1) is 12.5. The van der Waals surface area contributed by atoms with Crippen LogP contribution in [0.2, 0.25) is 0 Å². The summed E-state index contributed by atoms with van der Waals surface area (Å²) in [7, 11) is 0. The van der Waals surface area contributed by atoms with Crippen LogP contribution in [-0.4, -0.2) is 5.78 Å². The molecule has 0 fully saturated rings. The molecule has 2 aromatic rings. The van der Waals surface area contributed by atoms with Crippen LogP contribution in [-0.2, 0) is 6.42 Å². The van der Waals surface area contributed by atoms with E-state index in [2.05, 4.69) is 0 Å². The summed E-state index contributed by atoms with van der Waals surface area (Å²) in [5.41, 5.74) is 3.52.